The number of aromatic amines is 1. The molecule has 2 aromatic heterocycles. The first-order valence-electron chi connectivity index (χ1n) is 12.0. The van der Waals surface area contributed by atoms with E-state index in [9.17, 15) is 14.7 Å². The third kappa shape index (κ3) is 6.77. The third-order valence-corrected chi connectivity index (χ3v) is 6.06. The minimum absolute atomic E-state index is 0.148. The molecule has 2 heterocycles. The van der Waals surface area contributed by atoms with Crippen LogP contribution in [-0.4, -0.2) is 32.0 Å². The van der Waals surface area contributed by atoms with Gasteiger partial charge < -0.3 is 19.1 Å². The molecule has 0 bridgehead atoms. The van der Waals surface area contributed by atoms with Gasteiger partial charge in [-0.05, 0) is 67.6 Å². The van der Waals surface area contributed by atoms with E-state index in [1.54, 1.807) is 13.8 Å². The minimum atomic E-state index is -0.779. The first kappa shape index (κ1) is 26.0. The lowest BCUT2D eigenvalue weighted by Crippen LogP contribution is -2.22. The number of pyridine rings is 1. The molecule has 4 aromatic rings. The van der Waals surface area contributed by atoms with Crippen molar-refractivity contribution in [2.24, 2.45) is 0 Å². The van der Waals surface area contributed by atoms with Gasteiger partial charge in [-0.3, -0.25) is 0 Å². The Balaban J connectivity index is 1.41. The third-order valence-electron chi connectivity index (χ3n) is 6.06. The van der Waals surface area contributed by atoms with Crippen molar-refractivity contribution in [2.75, 3.05) is 6.61 Å². The number of benzene rings is 2. The zero-order valence-electron chi connectivity index (χ0n) is 21.4. The highest BCUT2D eigenvalue weighted by Gasteiger charge is 2.14. The summed E-state index contributed by atoms with van der Waals surface area (Å²) in [6.07, 6.45) is 2.34. The molecule has 0 fully saturated rings. The highest BCUT2D eigenvalue weighted by molar-refractivity contribution is 5.71. The lowest BCUT2D eigenvalue weighted by atomic mass is 9.95. The molecule has 194 valence electrons. The van der Waals surface area contributed by atoms with E-state index < -0.39 is 17.0 Å². The van der Waals surface area contributed by atoms with Crippen molar-refractivity contribution in [3.63, 3.8) is 0 Å². The summed E-state index contributed by atoms with van der Waals surface area (Å²) in [6.45, 7) is 8.52. The number of aliphatic hydroxyl groups is 1. The molecule has 0 amide bonds. The van der Waals surface area contributed by atoms with E-state index in [2.05, 4.69) is 23.0 Å². The van der Waals surface area contributed by atoms with Crippen LogP contribution in [0, 0.1) is 13.8 Å². The van der Waals surface area contributed by atoms with Crippen molar-refractivity contribution in [3.05, 3.63) is 98.0 Å². The molecule has 37 heavy (non-hydrogen) atoms. The summed E-state index contributed by atoms with van der Waals surface area (Å²) in [7, 11) is 0. The molecule has 0 spiro atoms. The molecule has 0 saturated heterocycles. The standard InChI is InChI=1S/C28H31N3O6/c1-18-14-25(35-13-12-28(3,4)34)29-15-24(18)23-7-5-6-21(19(23)2)17-36-22-10-8-20(9-11-22)16-31-26(32)30-27(33)37-31/h5-11,14-15,34H,12-13,16-17H2,1-4H3,(H,30,32,33). The van der Waals surface area contributed by atoms with Gasteiger partial charge in [-0.25, -0.2) is 19.6 Å². The molecular formula is C28H31N3O6. The highest BCUT2D eigenvalue weighted by atomic mass is 16.5. The number of nitrogens with one attached hydrogen (secondary N) is 1. The van der Waals surface area contributed by atoms with Crippen LogP contribution in [0.15, 0.2) is 68.8 Å². The van der Waals surface area contributed by atoms with Crippen molar-refractivity contribution in [3.8, 4) is 22.8 Å². The predicted molar refractivity (Wildman–Crippen MR) is 139 cm³/mol. The van der Waals surface area contributed by atoms with Gasteiger partial charge in [-0.15, -0.1) is 4.74 Å². The maximum absolute atomic E-state index is 11.6. The number of aryl methyl sites for hydroxylation is 1. The van der Waals surface area contributed by atoms with E-state index in [1.807, 2.05) is 55.6 Å². The van der Waals surface area contributed by atoms with Gasteiger partial charge in [0.15, 0.2) is 0 Å². The fourth-order valence-electron chi connectivity index (χ4n) is 3.86. The summed E-state index contributed by atoms with van der Waals surface area (Å²) in [5, 5.41) is 9.86. The van der Waals surface area contributed by atoms with Crippen LogP contribution in [0.5, 0.6) is 11.6 Å². The Bertz CT molecular complexity index is 1480. The van der Waals surface area contributed by atoms with Gasteiger partial charge >= 0.3 is 11.4 Å². The van der Waals surface area contributed by atoms with Crippen LogP contribution in [0.4, 0.5) is 0 Å². The number of rotatable bonds is 10. The molecule has 0 aliphatic rings. The van der Waals surface area contributed by atoms with Gasteiger partial charge in [0, 0.05) is 24.2 Å². The topological polar surface area (TPSA) is 120 Å². The number of ether oxygens (including phenoxy) is 2. The molecule has 9 nitrogen and oxygen atoms in total. The van der Waals surface area contributed by atoms with Crippen molar-refractivity contribution in [1.29, 1.82) is 0 Å². The fraction of sp³-hybridized carbons (Fsp3) is 0.321. The van der Waals surface area contributed by atoms with E-state index in [1.165, 1.54) is 0 Å². The summed E-state index contributed by atoms with van der Waals surface area (Å²) >= 11 is 0. The van der Waals surface area contributed by atoms with E-state index in [-0.39, 0.29) is 6.54 Å². The van der Waals surface area contributed by atoms with Crippen LogP contribution in [0.3, 0.4) is 0 Å². The number of nitrogens with zero attached hydrogens (tertiary/aromatic N) is 2. The molecule has 0 atom stereocenters. The molecule has 0 aliphatic heterocycles. The van der Waals surface area contributed by atoms with Crippen LogP contribution < -0.4 is 20.9 Å². The molecule has 0 aliphatic carbocycles. The van der Waals surface area contributed by atoms with Gasteiger partial charge in [-0.2, -0.15) is 0 Å². The largest absolute Gasteiger partial charge is 0.489 e. The lowest BCUT2D eigenvalue weighted by molar-refractivity contribution is 0.0547. The number of aromatic nitrogens is 3. The molecule has 2 N–H and O–H groups in total. The first-order chi connectivity index (χ1) is 17.6. The Kier molecular flexibility index (Phi) is 7.63. The van der Waals surface area contributed by atoms with Crippen molar-refractivity contribution in [1.82, 2.24) is 14.7 Å². The Morgan fingerprint density at radius 3 is 2.46 bits per heavy atom. The maximum atomic E-state index is 11.6. The molecule has 4 rings (SSSR count). The number of hydrogen-bond donors (Lipinski definition) is 2. The van der Waals surface area contributed by atoms with Gasteiger partial charge in [0.05, 0.1) is 18.8 Å². The Morgan fingerprint density at radius 1 is 1.05 bits per heavy atom. The normalized spacial score (nSPS) is 11.5. The average Bonchev–Trinajstić information content (AvgIpc) is 3.15. The smallest absolute Gasteiger partial charge is 0.440 e. The summed E-state index contributed by atoms with van der Waals surface area (Å²) < 4.78 is 17.5. The summed E-state index contributed by atoms with van der Waals surface area (Å²) in [5.41, 5.74) is 4.72. The second-order valence-corrected chi connectivity index (χ2v) is 9.62. The van der Waals surface area contributed by atoms with E-state index >= 15 is 0 Å². The van der Waals surface area contributed by atoms with E-state index in [0.717, 1.165) is 38.1 Å². The number of hydrogen-bond acceptors (Lipinski definition) is 7. The summed E-state index contributed by atoms with van der Waals surface area (Å²) in [5.74, 6) is 0.441. The van der Waals surface area contributed by atoms with Crippen molar-refractivity contribution >= 4 is 0 Å². The molecule has 0 saturated carbocycles. The molecule has 2 aromatic carbocycles. The SMILES string of the molecule is Cc1cc(OCCC(C)(C)O)ncc1-c1cccc(COc2ccc(Cn3oc(=O)[nH]c3=O)cc2)c1C. The maximum Gasteiger partial charge on any atom is 0.440 e. The quantitative estimate of drug-likeness (QED) is 0.335. The van der Waals surface area contributed by atoms with Crippen LogP contribution in [0.1, 0.15) is 42.5 Å². The summed E-state index contributed by atoms with van der Waals surface area (Å²) in [4.78, 5) is 29.3. The average molecular weight is 506 g/mol. The van der Waals surface area contributed by atoms with Crippen LogP contribution >= 0.6 is 0 Å². The van der Waals surface area contributed by atoms with Crippen LogP contribution in [-0.2, 0) is 13.2 Å². The predicted octanol–water partition coefficient (Wildman–Crippen LogP) is 3.98. The van der Waals surface area contributed by atoms with Crippen LogP contribution in [0.25, 0.3) is 11.1 Å². The van der Waals surface area contributed by atoms with E-state index in [0.29, 0.717) is 31.3 Å². The molecular weight excluding hydrogens is 474 g/mol. The van der Waals surface area contributed by atoms with E-state index in [4.69, 9.17) is 14.0 Å². The minimum Gasteiger partial charge on any atom is -0.489 e. The number of H-pyrrole nitrogens is 1. The van der Waals surface area contributed by atoms with Gasteiger partial charge in [0.25, 0.3) is 0 Å². The van der Waals surface area contributed by atoms with Crippen molar-refractivity contribution in [2.45, 2.75) is 52.9 Å². The summed E-state index contributed by atoms with van der Waals surface area (Å²) in [6, 6.07) is 15.3. The molecule has 9 heteroatoms. The Labute approximate surface area is 214 Å². The van der Waals surface area contributed by atoms with Gasteiger partial charge in [0.2, 0.25) is 5.88 Å². The molecule has 0 radical (unpaired) electrons. The first-order valence-corrected chi connectivity index (χ1v) is 12.0. The Hall–Kier alpha value is -4.11. The van der Waals surface area contributed by atoms with Gasteiger partial charge in [-0.1, -0.05) is 30.3 Å². The fourth-order valence-corrected chi connectivity index (χ4v) is 3.86. The zero-order valence-corrected chi connectivity index (χ0v) is 21.4. The second kappa shape index (κ2) is 10.9. The van der Waals surface area contributed by atoms with Crippen molar-refractivity contribution < 1.29 is 19.1 Å². The Morgan fingerprint density at radius 2 is 1.81 bits per heavy atom. The van der Waals surface area contributed by atoms with Crippen LogP contribution in [0.2, 0.25) is 0 Å². The van der Waals surface area contributed by atoms with Gasteiger partial charge in [0.1, 0.15) is 12.4 Å². The highest BCUT2D eigenvalue weighted by Crippen LogP contribution is 2.30. The zero-order chi connectivity index (χ0) is 26.6. The second-order valence-electron chi connectivity index (χ2n) is 9.62. The molecule has 0 unspecified atom stereocenters. The lowest BCUT2D eigenvalue weighted by Gasteiger charge is -2.17. The monoisotopic (exact) mass is 505 g/mol.